The smallest absolute Gasteiger partial charge is 0.0468 e. The molecule has 41 heavy (non-hydrogen) atoms. The zero-order valence-corrected chi connectivity index (χ0v) is 23.7. The van der Waals surface area contributed by atoms with E-state index in [-0.39, 0.29) is 0 Å². The third-order valence-corrected chi connectivity index (χ3v) is 10.6. The van der Waals surface area contributed by atoms with Crippen LogP contribution in [0.1, 0.15) is 0 Å². The second-order valence-electron chi connectivity index (χ2n) is 10.5. The van der Waals surface area contributed by atoms with Gasteiger partial charge in [-0.2, -0.15) is 0 Å². The van der Waals surface area contributed by atoms with Crippen molar-refractivity contribution in [2.75, 3.05) is 4.90 Å². The molecule has 0 bridgehead atoms. The molecule has 0 aliphatic carbocycles. The summed E-state index contributed by atoms with van der Waals surface area (Å²) in [4.78, 5) is 2.40. The third-order valence-electron chi connectivity index (χ3n) is 8.22. The molecule has 9 rings (SSSR count). The molecule has 0 atom stereocenters. The lowest BCUT2D eigenvalue weighted by molar-refractivity contribution is 1.30. The van der Waals surface area contributed by atoms with E-state index < -0.39 is 0 Å². The van der Waals surface area contributed by atoms with Gasteiger partial charge in [0.2, 0.25) is 0 Å². The van der Waals surface area contributed by atoms with Crippen molar-refractivity contribution in [3.8, 4) is 0 Å². The molecule has 0 saturated carbocycles. The molecule has 0 aliphatic rings. The minimum absolute atomic E-state index is 1.15. The van der Waals surface area contributed by atoms with Crippen LogP contribution in [0, 0.1) is 0 Å². The van der Waals surface area contributed by atoms with Crippen LogP contribution in [0.15, 0.2) is 140 Å². The van der Waals surface area contributed by atoms with Gasteiger partial charge in [-0.3, -0.25) is 0 Å². The van der Waals surface area contributed by atoms with E-state index in [1.807, 2.05) is 22.7 Å². The van der Waals surface area contributed by atoms with E-state index in [1.54, 1.807) is 0 Å². The quantitative estimate of drug-likeness (QED) is 0.195. The van der Waals surface area contributed by atoms with Crippen molar-refractivity contribution in [3.05, 3.63) is 140 Å². The first-order valence-electron chi connectivity index (χ1n) is 13.9. The second kappa shape index (κ2) is 8.90. The molecular formula is C38H23NS2. The monoisotopic (exact) mass is 557 g/mol. The van der Waals surface area contributed by atoms with Gasteiger partial charge >= 0.3 is 0 Å². The maximum atomic E-state index is 2.40. The van der Waals surface area contributed by atoms with E-state index in [9.17, 15) is 0 Å². The van der Waals surface area contributed by atoms with Gasteiger partial charge in [-0.1, -0.05) is 84.9 Å². The number of fused-ring (bicyclic) bond motifs is 11. The molecule has 2 heterocycles. The van der Waals surface area contributed by atoms with Crippen LogP contribution in [0.3, 0.4) is 0 Å². The molecule has 7 aromatic carbocycles. The summed E-state index contributed by atoms with van der Waals surface area (Å²) in [6.45, 7) is 0. The summed E-state index contributed by atoms with van der Waals surface area (Å²) >= 11 is 3.77. The zero-order valence-electron chi connectivity index (χ0n) is 22.0. The number of hydrogen-bond acceptors (Lipinski definition) is 3. The van der Waals surface area contributed by atoms with Crippen molar-refractivity contribution in [1.82, 2.24) is 0 Å². The van der Waals surface area contributed by atoms with E-state index in [4.69, 9.17) is 0 Å². The average Bonchev–Trinajstić information content (AvgIpc) is 3.60. The van der Waals surface area contributed by atoms with Crippen LogP contribution < -0.4 is 4.90 Å². The first-order valence-corrected chi connectivity index (χ1v) is 15.5. The SMILES string of the molecule is c1ccc(N(c2ccc3sc4ccccc4c3c2)c2ccc3sc4c5ccccc5c5ccccc5c4c3c2)cc1. The summed E-state index contributed by atoms with van der Waals surface area (Å²) in [7, 11) is 0. The van der Waals surface area contributed by atoms with Crippen LogP contribution in [-0.2, 0) is 0 Å². The Labute approximate surface area is 245 Å². The number of rotatable bonds is 3. The van der Waals surface area contributed by atoms with E-state index >= 15 is 0 Å². The van der Waals surface area contributed by atoms with E-state index in [0.717, 1.165) is 5.69 Å². The molecule has 1 nitrogen and oxygen atoms in total. The minimum Gasteiger partial charge on any atom is -0.310 e. The van der Waals surface area contributed by atoms with Crippen LogP contribution in [-0.4, -0.2) is 0 Å². The average molecular weight is 558 g/mol. The molecule has 192 valence electrons. The number of hydrogen-bond donors (Lipinski definition) is 0. The van der Waals surface area contributed by atoms with Gasteiger partial charge in [0.1, 0.15) is 0 Å². The van der Waals surface area contributed by atoms with E-state index in [1.165, 1.54) is 73.3 Å². The number of anilines is 3. The Morgan fingerprint density at radius 3 is 1.63 bits per heavy atom. The summed E-state index contributed by atoms with van der Waals surface area (Å²) < 4.78 is 5.33. The summed E-state index contributed by atoms with van der Waals surface area (Å²) in [5.74, 6) is 0. The lowest BCUT2D eigenvalue weighted by Gasteiger charge is -2.25. The van der Waals surface area contributed by atoms with Crippen molar-refractivity contribution >= 4 is 102 Å². The molecule has 2 aromatic heterocycles. The number of para-hydroxylation sites is 1. The van der Waals surface area contributed by atoms with Crippen molar-refractivity contribution in [1.29, 1.82) is 0 Å². The maximum Gasteiger partial charge on any atom is 0.0468 e. The molecule has 9 aromatic rings. The molecule has 0 radical (unpaired) electrons. The van der Waals surface area contributed by atoms with E-state index in [2.05, 4.69) is 144 Å². The minimum atomic E-state index is 1.15. The molecule has 0 unspecified atom stereocenters. The highest BCUT2D eigenvalue weighted by Crippen LogP contribution is 2.46. The highest BCUT2D eigenvalue weighted by atomic mass is 32.1. The third kappa shape index (κ3) is 3.46. The normalized spacial score (nSPS) is 11.9. The highest BCUT2D eigenvalue weighted by Gasteiger charge is 2.18. The predicted molar refractivity (Wildman–Crippen MR) is 182 cm³/mol. The molecule has 0 fully saturated rings. The van der Waals surface area contributed by atoms with Crippen LogP contribution in [0.4, 0.5) is 17.1 Å². The summed E-state index contributed by atoms with van der Waals surface area (Å²) in [5, 5.41) is 10.6. The summed E-state index contributed by atoms with van der Waals surface area (Å²) in [5.41, 5.74) is 3.49. The molecule has 3 heteroatoms. The Morgan fingerprint density at radius 2 is 0.878 bits per heavy atom. The first kappa shape index (κ1) is 23.0. The van der Waals surface area contributed by atoms with Gasteiger partial charge in [0.15, 0.2) is 0 Å². The van der Waals surface area contributed by atoms with Crippen LogP contribution >= 0.6 is 22.7 Å². The standard InChI is InChI=1S/C38H23NS2/c1-2-10-24(11-3-1)39(25-18-20-35-32(22-25)29-14-8-9-17-34(29)40-35)26-19-21-36-33(23-26)37-30-15-6-4-12-27(30)28-13-5-7-16-31(28)38(37)41-36/h1-23H. The number of benzene rings is 7. The predicted octanol–water partition coefficient (Wildman–Crippen LogP) is 12.2. The summed E-state index contributed by atoms with van der Waals surface area (Å²) in [6.07, 6.45) is 0. The molecule has 0 aliphatic heterocycles. The maximum absolute atomic E-state index is 2.40. The van der Waals surface area contributed by atoms with Gasteiger partial charge in [0.05, 0.1) is 0 Å². The number of nitrogens with zero attached hydrogens (tertiary/aromatic N) is 1. The Balaban J connectivity index is 1.34. The van der Waals surface area contributed by atoms with Gasteiger partial charge < -0.3 is 4.90 Å². The Hall–Kier alpha value is -4.70. The van der Waals surface area contributed by atoms with Crippen LogP contribution in [0.5, 0.6) is 0 Å². The fraction of sp³-hybridized carbons (Fsp3) is 0. The van der Waals surface area contributed by atoms with Crippen LogP contribution in [0.25, 0.3) is 61.9 Å². The number of thiophene rings is 2. The van der Waals surface area contributed by atoms with Gasteiger partial charge in [0, 0.05) is 62.8 Å². The van der Waals surface area contributed by atoms with E-state index in [0.29, 0.717) is 0 Å². The van der Waals surface area contributed by atoms with Crippen molar-refractivity contribution in [2.45, 2.75) is 0 Å². The Kier molecular flexibility index (Phi) is 5.00. The highest BCUT2D eigenvalue weighted by molar-refractivity contribution is 7.27. The van der Waals surface area contributed by atoms with Crippen molar-refractivity contribution in [2.24, 2.45) is 0 Å². The fourth-order valence-corrected chi connectivity index (χ4v) is 8.73. The van der Waals surface area contributed by atoms with Crippen LogP contribution in [0.2, 0.25) is 0 Å². The van der Waals surface area contributed by atoms with Gasteiger partial charge in [-0.25, -0.2) is 0 Å². The van der Waals surface area contributed by atoms with Crippen molar-refractivity contribution < 1.29 is 0 Å². The Morgan fingerprint density at radius 1 is 0.341 bits per heavy atom. The summed E-state index contributed by atoms with van der Waals surface area (Å²) in [6, 6.07) is 51.1. The molecule has 0 saturated heterocycles. The topological polar surface area (TPSA) is 3.24 Å². The van der Waals surface area contributed by atoms with Gasteiger partial charge in [-0.05, 0) is 70.8 Å². The largest absolute Gasteiger partial charge is 0.310 e. The lowest BCUT2D eigenvalue weighted by atomic mass is 9.97. The Bertz CT molecular complexity index is 2430. The van der Waals surface area contributed by atoms with Crippen molar-refractivity contribution in [3.63, 3.8) is 0 Å². The van der Waals surface area contributed by atoms with Gasteiger partial charge in [0.25, 0.3) is 0 Å². The molecule has 0 amide bonds. The molecule has 0 spiro atoms. The molecule has 0 N–H and O–H groups in total. The van der Waals surface area contributed by atoms with Gasteiger partial charge in [-0.15, -0.1) is 22.7 Å². The molecular weight excluding hydrogens is 535 g/mol. The first-order chi connectivity index (χ1) is 20.3. The lowest BCUT2D eigenvalue weighted by Crippen LogP contribution is -2.09. The second-order valence-corrected chi connectivity index (χ2v) is 12.7. The zero-order chi connectivity index (χ0) is 26.9. The fourth-order valence-electron chi connectivity index (χ4n) is 6.41.